The Labute approximate surface area is 103 Å². The summed E-state index contributed by atoms with van der Waals surface area (Å²) in [6.45, 7) is 5.12. The van der Waals surface area contributed by atoms with E-state index in [1.807, 2.05) is 18.0 Å². The molecule has 0 saturated carbocycles. The Morgan fingerprint density at radius 3 is 3.00 bits per heavy atom. The molecule has 1 fully saturated rings. The van der Waals surface area contributed by atoms with E-state index in [2.05, 4.69) is 40.8 Å². The number of rotatable bonds is 2. The van der Waals surface area contributed by atoms with E-state index in [9.17, 15) is 0 Å². The molecule has 1 aliphatic rings. The average Bonchev–Trinajstić information content (AvgIpc) is 2.57. The normalized spacial score (nSPS) is 25.8. The highest BCUT2D eigenvalue weighted by atomic mass is 79.9. The summed E-state index contributed by atoms with van der Waals surface area (Å²) in [7, 11) is 0. The monoisotopic (exact) mass is 287 g/mol. The summed E-state index contributed by atoms with van der Waals surface area (Å²) in [4.78, 5) is 4.44. The number of pyridine rings is 1. The molecule has 82 valence electrons. The first-order valence-corrected chi connectivity index (χ1v) is 6.74. The van der Waals surface area contributed by atoms with Gasteiger partial charge in [0.2, 0.25) is 0 Å². The fourth-order valence-electron chi connectivity index (χ4n) is 1.66. The number of aromatic nitrogens is 1. The molecule has 1 saturated heterocycles. The molecule has 2 heterocycles. The molecule has 2 unspecified atom stereocenters. The number of nitrogens with zero attached hydrogens (tertiary/aromatic N) is 1. The van der Waals surface area contributed by atoms with E-state index in [-0.39, 0.29) is 0 Å². The van der Waals surface area contributed by atoms with Crippen LogP contribution in [0.5, 0.6) is 0 Å². The van der Waals surface area contributed by atoms with Crippen molar-refractivity contribution >= 4 is 27.7 Å². The van der Waals surface area contributed by atoms with Crippen molar-refractivity contribution in [3.63, 3.8) is 0 Å². The molecule has 0 amide bonds. The molecule has 0 N–H and O–H groups in total. The lowest BCUT2D eigenvalue weighted by molar-refractivity contribution is 0.127. The molecule has 1 aromatic rings. The summed E-state index contributed by atoms with van der Waals surface area (Å²) < 4.78 is 6.59. The molecule has 2 nitrogen and oxygen atoms in total. The van der Waals surface area contributed by atoms with Crippen LogP contribution in [0.2, 0.25) is 0 Å². The second kappa shape index (κ2) is 4.85. The van der Waals surface area contributed by atoms with Crippen LogP contribution in [0.15, 0.2) is 21.8 Å². The molecule has 2 atom stereocenters. The minimum atomic E-state index is 0.347. The van der Waals surface area contributed by atoms with Gasteiger partial charge < -0.3 is 4.74 Å². The molecule has 0 aliphatic carbocycles. The van der Waals surface area contributed by atoms with E-state index in [1.54, 1.807) is 0 Å². The third kappa shape index (κ3) is 2.74. The highest BCUT2D eigenvalue weighted by Crippen LogP contribution is 2.33. The number of hydrogen-bond acceptors (Lipinski definition) is 3. The van der Waals surface area contributed by atoms with E-state index in [0.717, 1.165) is 22.5 Å². The number of halogens is 1. The van der Waals surface area contributed by atoms with E-state index >= 15 is 0 Å². The van der Waals surface area contributed by atoms with Crippen molar-refractivity contribution in [1.82, 2.24) is 4.98 Å². The molecule has 4 heteroatoms. The Kier molecular flexibility index (Phi) is 3.69. The second-order valence-electron chi connectivity index (χ2n) is 3.80. The lowest BCUT2D eigenvalue weighted by Gasteiger charge is -2.14. The van der Waals surface area contributed by atoms with Crippen LogP contribution in [-0.4, -0.2) is 22.9 Å². The van der Waals surface area contributed by atoms with Crippen molar-refractivity contribution in [2.75, 3.05) is 6.61 Å². The molecule has 0 spiro atoms. The Balaban J connectivity index is 2.10. The Morgan fingerprint density at radius 1 is 1.60 bits per heavy atom. The minimum absolute atomic E-state index is 0.347. The number of thioether (sulfide) groups is 1. The summed E-state index contributed by atoms with van der Waals surface area (Å²) in [6.07, 6.45) is 3.33. The SMILES string of the molecule is Cc1cc(Br)cnc1SC1CCOC1C. The summed E-state index contributed by atoms with van der Waals surface area (Å²) in [5, 5.41) is 1.68. The minimum Gasteiger partial charge on any atom is -0.377 e. The van der Waals surface area contributed by atoms with Crippen molar-refractivity contribution in [2.24, 2.45) is 0 Å². The van der Waals surface area contributed by atoms with E-state index < -0.39 is 0 Å². The van der Waals surface area contributed by atoms with E-state index in [1.165, 1.54) is 5.56 Å². The van der Waals surface area contributed by atoms with Crippen LogP contribution in [-0.2, 0) is 4.74 Å². The predicted octanol–water partition coefficient (Wildman–Crippen LogP) is 3.42. The maximum atomic E-state index is 5.54. The van der Waals surface area contributed by atoms with Crippen LogP contribution in [0.25, 0.3) is 0 Å². The van der Waals surface area contributed by atoms with Gasteiger partial charge in [-0.15, -0.1) is 0 Å². The Bertz CT molecular complexity index is 358. The quantitative estimate of drug-likeness (QED) is 0.832. The first kappa shape index (κ1) is 11.4. The number of ether oxygens (including phenoxy) is 1. The van der Waals surface area contributed by atoms with Crippen molar-refractivity contribution in [3.8, 4) is 0 Å². The maximum absolute atomic E-state index is 5.54. The smallest absolute Gasteiger partial charge is 0.0993 e. The zero-order valence-electron chi connectivity index (χ0n) is 8.87. The lowest BCUT2D eigenvalue weighted by Crippen LogP contribution is -2.13. The van der Waals surface area contributed by atoms with Crippen molar-refractivity contribution in [3.05, 3.63) is 22.3 Å². The van der Waals surface area contributed by atoms with Crippen LogP contribution in [0.1, 0.15) is 18.9 Å². The van der Waals surface area contributed by atoms with Gasteiger partial charge in [0.05, 0.1) is 11.1 Å². The molecule has 0 aromatic carbocycles. The zero-order chi connectivity index (χ0) is 10.8. The van der Waals surface area contributed by atoms with Crippen LogP contribution in [0.4, 0.5) is 0 Å². The molecular formula is C11H14BrNOS. The zero-order valence-corrected chi connectivity index (χ0v) is 11.3. The summed E-state index contributed by atoms with van der Waals surface area (Å²) in [6, 6.07) is 2.11. The first-order chi connectivity index (χ1) is 7.16. The van der Waals surface area contributed by atoms with Crippen molar-refractivity contribution in [2.45, 2.75) is 36.6 Å². The largest absolute Gasteiger partial charge is 0.377 e. The molecule has 0 radical (unpaired) electrons. The first-order valence-electron chi connectivity index (χ1n) is 5.07. The van der Waals surface area contributed by atoms with Gasteiger partial charge in [-0.2, -0.15) is 0 Å². The van der Waals surface area contributed by atoms with Gasteiger partial charge in [0.1, 0.15) is 0 Å². The lowest BCUT2D eigenvalue weighted by atomic mass is 10.3. The molecule has 1 aromatic heterocycles. The van der Waals surface area contributed by atoms with Gasteiger partial charge in [-0.25, -0.2) is 4.98 Å². The topological polar surface area (TPSA) is 22.1 Å². The van der Waals surface area contributed by atoms with Crippen LogP contribution < -0.4 is 0 Å². The Morgan fingerprint density at radius 2 is 2.40 bits per heavy atom. The standard InChI is InChI=1S/C11H14BrNOS/c1-7-5-9(12)6-13-11(7)15-10-3-4-14-8(10)2/h5-6,8,10H,3-4H2,1-2H3. The highest BCUT2D eigenvalue weighted by molar-refractivity contribution is 9.10. The fraction of sp³-hybridized carbons (Fsp3) is 0.545. The van der Waals surface area contributed by atoms with Gasteiger partial charge >= 0.3 is 0 Å². The highest BCUT2D eigenvalue weighted by Gasteiger charge is 2.25. The molecule has 2 rings (SSSR count). The average molecular weight is 288 g/mol. The van der Waals surface area contributed by atoms with Crippen LogP contribution >= 0.6 is 27.7 Å². The van der Waals surface area contributed by atoms with E-state index in [0.29, 0.717) is 11.4 Å². The Hall–Kier alpha value is -0.0600. The summed E-state index contributed by atoms with van der Waals surface area (Å²) >= 11 is 5.26. The van der Waals surface area contributed by atoms with Crippen LogP contribution in [0.3, 0.4) is 0 Å². The maximum Gasteiger partial charge on any atom is 0.0993 e. The number of aryl methyl sites for hydroxylation is 1. The summed E-state index contributed by atoms with van der Waals surface area (Å²) in [5.41, 5.74) is 1.23. The molecule has 1 aliphatic heterocycles. The molecule has 0 bridgehead atoms. The van der Waals surface area contributed by atoms with Gasteiger partial charge in [0.15, 0.2) is 0 Å². The van der Waals surface area contributed by atoms with E-state index in [4.69, 9.17) is 4.74 Å². The van der Waals surface area contributed by atoms with Gasteiger partial charge in [-0.1, -0.05) is 11.8 Å². The van der Waals surface area contributed by atoms with Gasteiger partial charge in [-0.3, -0.25) is 0 Å². The van der Waals surface area contributed by atoms with Crippen LogP contribution in [0, 0.1) is 6.92 Å². The van der Waals surface area contributed by atoms with Crippen molar-refractivity contribution in [1.29, 1.82) is 0 Å². The fourth-order valence-corrected chi connectivity index (χ4v) is 3.24. The van der Waals surface area contributed by atoms with Gasteiger partial charge in [0.25, 0.3) is 0 Å². The second-order valence-corrected chi connectivity index (χ2v) is 5.94. The number of hydrogen-bond donors (Lipinski definition) is 0. The molecule has 15 heavy (non-hydrogen) atoms. The van der Waals surface area contributed by atoms with Gasteiger partial charge in [0, 0.05) is 22.5 Å². The third-order valence-corrected chi connectivity index (χ3v) is 4.57. The predicted molar refractivity (Wildman–Crippen MR) is 66.4 cm³/mol. The van der Waals surface area contributed by atoms with Crippen molar-refractivity contribution < 1.29 is 4.74 Å². The van der Waals surface area contributed by atoms with Gasteiger partial charge in [-0.05, 0) is 47.8 Å². The summed E-state index contributed by atoms with van der Waals surface area (Å²) in [5.74, 6) is 0. The third-order valence-electron chi connectivity index (χ3n) is 2.57. The molecular weight excluding hydrogens is 274 g/mol.